The molecule has 184 valence electrons. The van der Waals surface area contributed by atoms with Gasteiger partial charge in [0.15, 0.2) is 11.5 Å². The zero-order valence-corrected chi connectivity index (χ0v) is 21.6. The van der Waals surface area contributed by atoms with Crippen LogP contribution in [0.3, 0.4) is 0 Å². The highest BCUT2D eigenvalue weighted by molar-refractivity contribution is 8.00. The molecule has 0 spiro atoms. The summed E-state index contributed by atoms with van der Waals surface area (Å²) in [6.45, 7) is 4.39. The van der Waals surface area contributed by atoms with Crippen molar-refractivity contribution in [2.75, 3.05) is 14.2 Å². The second kappa shape index (κ2) is 7.96. The first-order valence-corrected chi connectivity index (χ1v) is 13.6. The van der Waals surface area contributed by atoms with Crippen molar-refractivity contribution in [3.63, 3.8) is 0 Å². The van der Waals surface area contributed by atoms with Crippen LogP contribution in [-0.4, -0.2) is 47.5 Å². The minimum Gasteiger partial charge on any atom is -0.493 e. The van der Waals surface area contributed by atoms with Gasteiger partial charge in [-0.05, 0) is 54.4 Å². The van der Waals surface area contributed by atoms with Crippen LogP contribution in [0, 0.1) is 29.6 Å². The molecule has 7 atom stereocenters. The summed E-state index contributed by atoms with van der Waals surface area (Å²) in [6.07, 6.45) is 3.30. The molecule has 1 aromatic carbocycles. The van der Waals surface area contributed by atoms with Crippen LogP contribution in [-0.2, 0) is 15.0 Å². The number of hydrogen-bond acceptors (Lipinski definition) is 8. The Morgan fingerprint density at radius 2 is 1.86 bits per heavy atom. The Morgan fingerprint density at radius 1 is 1.14 bits per heavy atom. The van der Waals surface area contributed by atoms with E-state index in [-0.39, 0.29) is 56.9 Å². The Morgan fingerprint density at radius 3 is 2.54 bits per heavy atom. The molecule has 3 heterocycles. The van der Waals surface area contributed by atoms with Crippen molar-refractivity contribution < 1.29 is 19.1 Å². The summed E-state index contributed by atoms with van der Waals surface area (Å²) in [5.74, 6) is 0.570. The Hall–Kier alpha value is -2.59. The van der Waals surface area contributed by atoms with E-state index in [4.69, 9.17) is 9.47 Å². The van der Waals surface area contributed by atoms with E-state index in [1.807, 2.05) is 0 Å². The van der Waals surface area contributed by atoms with Crippen LogP contribution in [0.1, 0.15) is 37.1 Å². The van der Waals surface area contributed by atoms with Crippen LogP contribution >= 0.6 is 23.1 Å². The Kier molecular flexibility index (Phi) is 5.20. The quantitative estimate of drug-likeness (QED) is 0.485. The van der Waals surface area contributed by atoms with E-state index in [1.54, 1.807) is 44.2 Å². The van der Waals surface area contributed by atoms with Gasteiger partial charge in [-0.15, -0.1) is 11.8 Å². The summed E-state index contributed by atoms with van der Waals surface area (Å²) in [7, 11) is 3.12. The zero-order valence-electron chi connectivity index (χ0n) is 19.9. The van der Waals surface area contributed by atoms with E-state index in [0.717, 1.165) is 27.8 Å². The van der Waals surface area contributed by atoms with Gasteiger partial charge >= 0.3 is 4.87 Å². The molecule has 2 amide bonds. The first-order valence-electron chi connectivity index (χ1n) is 11.9. The lowest BCUT2D eigenvalue weighted by Gasteiger charge is -2.48. The fourth-order valence-electron chi connectivity index (χ4n) is 7.05. The molecule has 2 bridgehead atoms. The number of nitrogens with zero attached hydrogens (tertiary/aromatic N) is 2. The number of carbonyl (C=O) groups is 2. The smallest absolute Gasteiger partial charge is 0.305 e. The zero-order chi connectivity index (χ0) is 24.6. The molecule has 10 heteroatoms. The highest BCUT2D eigenvalue weighted by atomic mass is 32.2. The van der Waals surface area contributed by atoms with E-state index in [0.29, 0.717) is 17.1 Å². The SMILES string of the molecule is CCC1(C)c2sc(=O)[nH]c2SC2C1[C@@H]1C[C@@H]2C2C(=O)N(/N=C/c3ccc(OC)c(OC)c3)C(=O)C21. The number of thiazole rings is 1. The third-order valence-corrected chi connectivity index (χ3v) is 11.4. The van der Waals surface area contributed by atoms with Gasteiger partial charge in [-0.25, -0.2) is 0 Å². The van der Waals surface area contributed by atoms with E-state index in [1.165, 1.54) is 17.6 Å². The van der Waals surface area contributed by atoms with Crippen LogP contribution in [0.5, 0.6) is 11.5 Å². The van der Waals surface area contributed by atoms with Crippen molar-refractivity contribution in [1.82, 2.24) is 9.99 Å². The number of carbonyl (C=O) groups excluding carboxylic acids is 2. The van der Waals surface area contributed by atoms with E-state index < -0.39 is 0 Å². The number of H-pyrrole nitrogens is 1. The van der Waals surface area contributed by atoms with Gasteiger partial charge in [0.25, 0.3) is 11.8 Å². The number of nitrogens with one attached hydrogen (secondary N) is 1. The van der Waals surface area contributed by atoms with Gasteiger partial charge in [-0.3, -0.25) is 14.4 Å². The fraction of sp³-hybridized carbons (Fsp3) is 0.520. The highest BCUT2D eigenvalue weighted by Gasteiger charge is 2.71. The van der Waals surface area contributed by atoms with Gasteiger partial charge in [-0.1, -0.05) is 25.2 Å². The molecule has 6 rings (SSSR count). The van der Waals surface area contributed by atoms with Crippen molar-refractivity contribution in [3.05, 3.63) is 38.3 Å². The normalized spacial score (nSPS) is 34.9. The summed E-state index contributed by atoms with van der Waals surface area (Å²) in [5, 5.41) is 6.60. The summed E-state index contributed by atoms with van der Waals surface area (Å²) in [6, 6.07) is 5.33. The first-order chi connectivity index (χ1) is 16.8. The number of rotatable bonds is 5. The first kappa shape index (κ1) is 22.8. The van der Waals surface area contributed by atoms with Gasteiger partial charge < -0.3 is 14.5 Å². The lowest BCUT2D eigenvalue weighted by Crippen LogP contribution is -2.49. The molecule has 35 heavy (non-hydrogen) atoms. The van der Waals surface area contributed by atoms with Crippen molar-refractivity contribution >= 4 is 41.1 Å². The maximum absolute atomic E-state index is 13.5. The number of aromatic nitrogens is 1. The van der Waals surface area contributed by atoms with Crippen LogP contribution in [0.4, 0.5) is 0 Å². The van der Waals surface area contributed by atoms with Gasteiger partial charge in [0.1, 0.15) is 0 Å². The molecule has 5 unspecified atom stereocenters. The number of ether oxygens (including phenoxy) is 2. The Bertz CT molecular complexity index is 1320. The number of amides is 2. The van der Waals surface area contributed by atoms with Gasteiger partial charge in [0.05, 0.1) is 37.3 Å². The number of imide groups is 1. The predicted molar refractivity (Wildman–Crippen MR) is 133 cm³/mol. The number of thioether (sulfide) groups is 1. The van der Waals surface area contributed by atoms with Crippen LogP contribution < -0.4 is 14.3 Å². The molecule has 2 aliphatic carbocycles. The third kappa shape index (κ3) is 3.05. The number of hydrazone groups is 1. The maximum Gasteiger partial charge on any atom is 0.305 e. The Labute approximate surface area is 211 Å². The second-order valence-electron chi connectivity index (χ2n) is 10.0. The largest absolute Gasteiger partial charge is 0.493 e. The number of fused-ring (bicyclic) bond motifs is 9. The molecule has 2 saturated carbocycles. The summed E-state index contributed by atoms with van der Waals surface area (Å²) >= 11 is 3.01. The second-order valence-corrected chi connectivity index (χ2v) is 12.2. The average molecular weight is 514 g/mol. The molecule has 8 nitrogen and oxygen atoms in total. The number of hydrogen-bond donors (Lipinski definition) is 1. The van der Waals surface area contributed by atoms with E-state index >= 15 is 0 Å². The predicted octanol–water partition coefficient (Wildman–Crippen LogP) is 3.50. The molecule has 2 aliphatic heterocycles. The van der Waals surface area contributed by atoms with Crippen molar-refractivity contribution in [2.45, 2.75) is 42.4 Å². The molecule has 1 aromatic heterocycles. The van der Waals surface area contributed by atoms with E-state index in [2.05, 4.69) is 23.9 Å². The monoisotopic (exact) mass is 513 g/mol. The lowest BCUT2D eigenvalue weighted by atomic mass is 9.62. The van der Waals surface area contributed by atoms with Gasteiger partial charge in [-0.2, -0.15) is 10.1 Å². The molecule has 3 fully saturated rings. The Balaban J connectivity index is 1.31. The van der Waals surface area contributed by atoms with Gasteiger partial charge in [0, 0.05) is 15.5 Å². The number of benzene rings is 1. The highest BCUT2D eigenvalue weighted by Crippen LogP contribution is 2.69. The topological polar surface area (TPSA) is 101 Å². The standard InChI is InChI=1S/C25H27N3O5S2/c1-5-25(2)18-12-9-13(19(18)34-21-20(25)35-24(31)27-21)17-16(12)22(29)28(23(17)30)26-10-11-6-7-14(32-3)15(8-11)33-4/h6-8,10,12-13,16-19H,5,9H2,1-4H3,(H,27,31)/b26-10+/t12-,13-,16?,17?,18?,19?,25?/m1/s1. The minimum absolute atomic E-state index is 0.0301. The molecule has 4 aliphatic rings. The number of methoxy groups -OCH3 is 2. The van der Waals surface area contributed by atoms with E-state index in [9.17, 15) is 14.4 Å². The summed E-state index contributed by atoms with van der Waals surface area (Å²) in [5.41, 5.74) is 0.526. The average Bonchev–Trinajstić information content (AvgIpc) is 3.59. The molecule has 0 radical (unpaired) electrons. The fourth-order valence-corrected chi connectivity index (χ4v) is 10.2. The van der Waals surface area contributed by atoms with Crippen LogP contribution in [0.15, 0.2) is 33.1 Å². The minimum atomic E-state index is -0.336. The molecular formula is C25H27N3O5S2. The van der Waals surface area contributed by atoms with Crippen molar-refractivity contribution in [3.8, 4) is 11.5 Å². The molecule has 1 saturated heterocycles. The van der Waals surface area contributed by atoms with Crippen molar-refractivity contribution in [2.24, 2.45) is 34.7 Å². The third-order valence-electron chi connectivity index (χ3n) is 8.67. The summed E-state index contributed by atoms with van der Waals surface area (Å²) in [4.78, 5) is 43.3. The molecular weight excluding hydrogens is 486 g/mol. The molecule has 2 aromatic rings. The summed E-state index contributed by atoms with van der Waals surface area (Å²) < 4.78 is 10.6. The lowest BCUT2D eigenvalue weighted by molar-refractivity contribution is -0.140. The van der Waals surface area contributed by atoms with Gasteiger partial charge in [0.2, 0.25) is 0 Å². The maximum atomic E-state index is 13.5. The molecule has 1 N–H and O–H groups in total. The number of aromatic amines is 1. The van der Waals surface area contributed by atoms with Crippen molar-refractivity contribution in [1.29, 1.82) is 0 Å². The van der Waals surface area contributed by atoms with Crippen LogP contribution in [0.2, 0.25) is 0 Å². The van der Waals surface area contributed by atoms with Crippen LogP contribution in [0.25, 0.3) is 0 Å².